The molecule has 1 aromatic heterocycles. The number of aromatic nitrogens is 2. The highest BCUT2D eigenvalue weighted by atomic mass is 79.9. The number of imidazole rings is 1. The molecule has 380 valence electrons. The van der Waals surface area contributed by atoms with Crippen LogP contribution in [0.3, 0.4) is 0 Å². The molecule has 0 bridgehead atoms. The zero-order chi connectivity index (χ0) is 50.8. The molecule has 0 aliphatic heterocycles. The van der Waals surface area contributed by atoms with Gasteiger partial charge in [-0.25, -0.2) is 4.98 Å². The number of ketones is 2. The maximum absolute atomic E-state index is 13.7. The molecule has 0 spiro atoms. The van der Waals surface area contributed by atoms with E-state index in [0.717, 1.165) is 79.1 Å². The number of hydrogen-bond donors (Lipinski definition) is 2. The lowest BCUT2D eigenvalue weighted by Gasteiger charge is -2.63. The molecule has 6 nitrogen and oxygen atoms in total. The molecule has 16 atom stereocenters. The summed E-state index contributed by atoms with van der Waals surface area (Å²) in [6, 6.07) is 8.14. The molecular weight excluding hydrogens is 941 g/mol. The van der Waals surface area contributed by atoms with Gasteiger partial charge in [0.15, 0.2) is 5.78 Å². The van der Waals surface area contributed by atoms with Crippen molar-refractivity contribution in [1.82, 2.24) is 9.55 Å². The van der Waals surface area contributed by atoms with Crippen molar-refractivity contribution in [3.63, 3.8) is 0 Å². The van der Waals surface area contributed by atoms with Crippen molar-refractivity contribution in [2.75, 3.05) is 5.33 Å². The lowest BCUT2D eigenvalue weighted by atomic mass is 9.42. The normalized spacial score (nSPS) is 41.1. The van der Waals surface area contributed by atoms with Crippen molar-refractivity contribution in [2.45, 2.75) is 195 Å². The van der Waals surface area contributed by atoms with Gasteiger partial charge < -0.3 is 14.8 Å². The van der Waals surface area contributed by atoms with Gasteiger partial charge in [0.05, 0.1) is 40.4 Å². The zero-order valence-electron chi connectivity index (χ0n) is 44.3. The Morgan fingerprint density at radius 3 is 1.63 bits per heavy atom. The fourth-order valence-corrected chi connectivity index (χ4v) is 19.1. The first-order chi connectivity index (χ1) is 34.0. The topological polar surface area (TPSA) is 92.4 Å². The number of benzene rings is 1. The molecule has 2 aromatic rings. The Morgan fingerprint density at radius 1 is 0.648 bits per heavy atom. The Bertz CT molecular complexity index is 2590. The molecule has 10 rings (SSSR count). The van der Waals surface area contributed by atoms with Crippen molar-refractivity contribution in [3.8, 4) is 59.7 Å². The Hall–Kier alpha value is -3.77. The van der Waals surface area contributed by atoms with Gasteiger partial charge in [-0.1, -0.05) is 61.7 Å². The molecule has 0 saturated heterocycles. The molecule has 0 amide bonds. The second-order valence-corrected chi connectivity index (χ2v) is 25.5. The number of terminal acetylenes is 1. The minimum absolute atomic E-state index is 0.149. The Kier molecular flexibility index (Phi) is 16.3. The second-order valence-electron chi connectivity index (χ2n) is 24.9. The number of alkyl halides is 1. The van der Waals surface area contributed by atoms with Gasteiger partial charge in [-0.05, 0) is 278 Å². The van der Waals surface area contributed by atoms with Crippen molar-refractivity contribution < 1.29 is 19.8 Å². The maximum Gasteiger partial charge on any atom is 0.156 e. The first kappa shape index (κ1) is 53.5. The Balaban J connectivity index is 0.000000162. The molecule has 8 aliphatic carbocycles. The number of nitrogens with zero attached hydrogens (tertiary/aromatic N) is 2. The van der Waals surface area contributed by atoms with Crippen LogP contribution in [0.15, 0.2) is 30.6 Å². The van der Waals surface area contributed by atoms with Crippen LogP contribution in [0, 0.1) is 141 Å². The summed E-state index contributed by atoms with van der Waals surface area (Å²) >= 11 is 3.44. The molecule has 8 saturated carbocycles. The van der Waals surface area contributed by atoms with Crippen molar-refractivity contribution in [1.29, 1.82) is 0 Å². The summed E-state index contributed by atoms with van der Waals surface area (Å²) in [5.74, 6) is 29.3. The average Bonchev–Trinajstić information content (AvgIpc) is 4.05. The van der Waals surface area contributed by atoms with E-state index in [4.69, 9.17) is 6.42 Å². The number of halogens is 1. The summed E-state index contributed by atoms with van der Waals surface area (Å²) < 4.78 is 2.06. The number of rotatable bonds is 7. The lowest BCUT2D eigenvalue weighted by molar-refractivity contribution is -0.158. The standard InChI is InChI=1S/C30H42N2O2.C23H37BrO2.C11H4/c1-4-30-16-15-28(2,34)17-20(30)9-10-21-22-11-12-24(29(22,3)14-13-23(21)30)27(33)18-32-19-31-25-7-5-6-8-26(25)32;1-4-23-12-11-21(2,26)13-15(23)5-6-16-17-7-8-19(20(25)14-24)22(17,3)10-9-18(16)23;1-3-5-7-9-11-10-8-6-4-2/h5-8,19-24,34H,4,9-18H2,1-3H3;15-19,26H,4-14H2,1-3H3;1H,2H3/t20-,21+,22+,23+,24-,28-,29+,30+;15-,16+,17+,18+,19-,21-,22+,23+;/m11./s1. The first-order valence-corrected chi connectivity index (χ1v) is 28.9. The van der Waals surface area contributed by atoms with Gasteiger partial charge in [0.25, 0.3) is 0 Å². The van der Waals surface area contributed by atoms with Crippen LogP contribution in [0.1, 0.15) is 177 Å². The van der Waals surface area contributed by atoms with Crippen LogP contribution in [0.4, 0.5) is 0 Å². The predicted octanol–water partition coefficient (Wildman–Crippen LogP) is 12.8. The second kappa shape index (κ2) is 21.6. The minimum Gasteiger partial charge on any atom is -0.390 e. The largest absolute Gasteiger partial charge is 0.390 e. The van der Waals surface area contributed by atoms with Crippen molar-refractivity contribution in [2.24, 2.45) is 80.8 Å². The number of carbonyl (C=O) groups is 2. The average molecular weight is 1020 g/mol. The van der Waals surface area contributed by atoms with Gasteiger partial charge in [-0.3, -0.25) is 9.59 Å². The first-order valence-electron chi connectivity index (χ1n) is 27.8. The van der Waals surface area contributed by atoms with E-state index in [-0.39, 0.29) is 22.7 Å². The zero-order valence-corrected chi connectivity index (χ0v) is 45.9. The van der Waals surface area contributed by atoms with Gasteiger partial charge in [-0.15, -0.1) is 6.42 Å². The molecule has 8 fully saturated rings. The molecule has 8 aliphatic rings. The summed E-state index contributed by atoms with van der Waals surface area (Å²) in [7, 11) is 0. The van der Waals surface area contributed by atoms with Crippen LogP contribution in [-0.2, 0) is 16.1 Å². The summed E-state index contributed by atoms with van der Waals surface area (Å²) in [6.07, 6.45) is 30.5. The molecule has 1 aromatic carbocycles. The highest BCUT2D eigenvalue weighted by Crippen LogP contribution is 2.71. The summed E-state index contributed by atoms with van der Waals surface area (Å²) in [6.45, 7) is 16.0. The number of fused-ring (bicyclic) bond motifs is 11. The van der Waals surface area contributed by atoms with E-state index in [1.54, 1.807) is 6.92 Å². The quantitative estimate of drug-likeness (QED) is 0.213. The van der Waals surface area contributed by atoms with Crippen LogP contribution in [0.25, 0.3) is 11.0 Å². The molecule has 7 heteroatoms. The molecule has 1 heterocycles. The van der Waals surface area contributed by atoms with Crippen molar-refractivity contribution in [3.05, 3.63) is 30.6 Å². The van der Waals surface area contributed by atoms with Gasteiger partial charge >= 0.3 is 0 Å². The van der Waals surface area contributed by atoms with Crippen LogP contribution < -0.4 is 0 Å². The number of aliphatic hydroxyl groups is 2. The van der Waals surface area contributed by atoms with E-state index >= 15 is 0 Å². The lowest BCUT2D eigenvalue weighted by Crippen LogP contribution is -2.56. The minimum atomic E-state index is -0.471. The Labute approximate surface area is 436 Å². The van der Waals surface area contributed by atoms with E-state index in [0.29, 0.717) is 52.0 Å². The summed E-state index contributed by atoms with van der Waals surface area (Å²) in [4.78, 5) is 30.8. The Morgan fingerprint density at radius 2 is 1.14 bits per heavy atom. The third-order valence-corrected chi connectivity index (χ3v) is 22.5. The number of para-hydroxylation sites is 2. The molecule has 71 heavy (non-hydrogen) atoms. The van der Waals surface area contributed by atoms with E-state index < -0.39 is 11.2 Å². The predicted molar refractivity (Wildman–Crippen MR) is 290 cm³/mol. The summed E-state index contributed by atoms with van der Waals surface area (Å²) in [5, 5.41) is 22.1. The highest BCUT2D eigenvalue weighted by molar-refractivity contribution is 9.09. The van der Waals surface area contributed by atoms with Crippen LogP contribution in [-0.4, -0.2) is 47.9 Å². The van der Waals surface area contributed by atoms with E-state index in [2.05, 4.69) is 126 Å². The van der Waals surface area contributed by atoms with E-state index in [9.17, 15) is 19.8 Å². The number of hydrogen-bond acceptors (Lipinski definition) is 5. The highest BCUT2D eigenvalue weighted by Gasteiger charge is 2.64. The van der Waals surface area contributed by atoms with Gasteiger partial charge in [0.1, 0.15) is 5.78 Å². The van der Waals surface area contributed by atoms with Crippen LogP contribution in [0.2, 0.25) is 0 Å². The molecule has 0 radical (unpaired) electrons. The molecular formula is C64H83BrN2O4. The SMILES string of the molecule is C#CC#CC#CC#CC#CC.CC[C@]12CC[C@@](C)(O)C[C@H]1CC[C@H]1[C@@H]3CC[C@H](C(=O)CBr)[C@@]3(C)CC[C@@H]12.CC[C@]12CC[C@@](C)(O)C[C@H]1CC[C@H]1[C@@H]3CC[C@H](C(=O)Cn4cnc5ccccc54)[C@@]3(C)CC[C@@H]12. The third-order valence-electron chi connectivity index (χ3n) is 22.0. The maximum atomic E-state index is 13.7. The fraction of sp³-hybridized carbons (Fsp3) is 0.703. The fourth-order valence-electron chi connectivity index (χ4n) is 18.7. The monoisotopic (exact) mass is 1020 g/mol. The smallest absolute Gasteiger partial charge is 0.156 e. The van der Waals surface area contributed by atoms with Crippen LogP contribution in [0.5, 0.6) is 0 Å². The number of Topliss-reactive ketones (excluding diaryl/α,β-unsaturated/α-hetero) is 2. The van der Waals surface area contributed by atoms with E-state index in [1.807, 2.05) is 24.5 Å². The van der Waals surface area contributed by atoms with Gasteiger partial charge in [0, 0.05) is 11.8 Å². The van der Waals surface area contributed by atoms with Gasteiger partial charge in [-0.2, -0.15) is 0 Å². The van der Waals surface area contributed by atoms with E-state index in [1.165, 1.54) is 89.9 Å². The van der Waals surface area contributed by atoms with Crippen LogP contribution >= 0.6 is 15.9 Å². The molecule has 0 unspecified atom stereocenters. The van der Waals surface area contributed by atoms with Gasteiger partial charge in [0.2, 0.25) is 0 Å². The molecule has 2 N–H and O–H groups in total. The number of carbonyl (C=O) groups excluding carboxylic acids is 2. The van der Waals surface area contributed by atoms with Crippen molar-refractivity contribution >= 4 is 38.5 Å². The third kappa shape index (κ3) is 10.1. The summed E-state index contributed by atoms with van der Waals surface area (Å²) in [5.41, 5.74) is 2.40.